The van der Waals surface area contributed by atoms with Gasteiger partial charge in [0, 0.05) is 57.7 Å². The lowest BCUT2D eigenvalue weighted by atomic mass is 10.2. The summed E-state index contributed by atoms with van der Waals surface area (Å²) in [4.78, 5) is 17.9. The minimum atomic E-state index is -0.250. The van der Waals surface area contributed by atoms with E-state index in [4.69, 9.17) is 14.6 Å². The fraction of sp³-hybridized carbons (Fsp3) is 0.435. The Morgan fingerprint density at radius 2 is 1.78 bits per heavy atom. The SMILES string of the molecule is CCN1CCN(CCOc2ccc(-c3nccn3-c3cnn(C)c3C)cc2)CC1.O=CO. The Bertz CT molecular complexity index is 974. The molecule has 0 atom stereocenters. The average molecular weight is 441 g/mol. The van der Waals surface area contributed by atoms with Gasteiger partial charge in [0.1, 0.15) is 18.2 Å². The number of imidazole rings is 1. The Morgan fingerprint density at radius 1 is 1.12 bits per heavy atom. The molecule has 1 fully saturated rings. The van der Waals surface area contributed by atoms with E-state index in [1.165, 1.54) is 0 Å². The number of ether oxygens (including phenoxy) is 1. The van der Waals surface area contributed by atoms with Gasteiger partial charge < -0.3 is 14.7 Å². The number of aromatic nitrogens is 4. The average Bonchev–Trinajstić information content (AvgIpc) is 3.42. The maximum absolute atomic E-state index is 8.36. The molecule has 0 bridgehead atoms. The molecule has 172 valence electrons. The molecule has 0 radical (unpaired) electrons. The molecular weight excluding hydrogens is 408 g/mol. The van der Waals surface area contributed by atoms with Crippen molar-refractivity contribution in [2.24, 2.45) is 7.05 Å². The van der Waals surface area contributed by atoms with Crippen molar-refractivity contribution in [1.29, 1.82) is 0 Å². The quantitative estimate of drug-likeness (QED) is 0.564. The predicted octanol–water partition coefficient (Wildman–Crippen LogP) is 2.30. The van der Waals surface area contributed by atoms with Gasteiger partial charge in [0.05, 0.1) is 17.6 Å². The number of benzene rings is 1. The first-order chi connectivity index (χ1) is 15.6. The van der Waals surface area contributed by atoms with Crippen molar-refractivity contribution in [2.45, 2.75) is 13.8 Å². The zero-order valence-electron chi connectivity index (χ0n) is 19.0. The van der Waals surface area contributed by atoms with Crippen molar-refractivity contribution in [3.8, 4) is 22.8 Å². The van der Waals surface area contributed by atoms with Crippen LogP contribution in [0, 0.1) is 6.92 Å². The lowest BCUT2D eigenvalue weighted by Crippen LogP contribution is -2.47. The van der Waals surface area contributed by atoms with Gasteiger partial charge in [0.2, 0.25) is 0 Å². The summed E-state index contributed by atoms with van der Waals surface area (Å²) < 4.78 is 9.93. The molecule has 3 aromatic rings. The molecule has 3 heterocycles. The van der Waals surface area contributed by atoms with Crippen molar-refractivity contribution in [1.82, 2.24) is 29.1 Å². The van der Waals surface area contributed by atoms with Gasteiger partial charge in [0.25, 0.3) is 6.47 Å². The lowest BCUT2D eigenvalue weighted by Gasteiger charge is -2.33. The Kier molecular flexibility index (Phi) is 8.41. The van der Waals surface area contributed by atoms with E-state index in [0.29, 0.717) is 0 Å². The van der Waals surface area contributed by atoms with Crippen LogP contribution in [-0.4, -0.2) is 86.6 Å². The van der Waals surface area contributed by atoms with Crippen LogP contribution in [0.2, 0.25) is 0 Å². The normalized spacial score (nSPS) is 14.6. The van der Waals surface area contributed by atoms with Gasteiger partial charge in [-0.25, -0.2) is 4.98 Å². The van der Waals surface area contributed by atoms with E-state index in [2.05, 4.69) is 50.4 Å². The van der Waals surface area contributed by atoms with Gasteiger partial charge in [-0.15, -0.1) is 0 Å². The summed E-state index contributed by atoms with van der Waals surface area (Å²) in [6, 6.07) is 8.19. The number of piperazine rings is 1. The van der Waals surface area contributed by atoms with Crippen molar-refractivity contribution in [3.63, 3.8) is 0 Å². The number of hydrogen-bond acceptors (Lipinski definition) is 6. The number of likely N-dealkylation sites (N-methyl/N-ethyl adjacent to an activating group) is 1. The first-order valence-electron chi connectivity index (χ1n) is 10.9. The van der Waals surface area contributed by atoms with Crippen LogP contribution in [0.1, 0.15) is 12.6 Å². The topological polar surface area (TPSA) is 88.7 Å². The molecule has 0 unspecified atom stereocenters. The third-order valence-electron chi connectivity index (χ3n) is 5.81. The number of carbonyl (C=O) groups is 1. The Balaban J connectivity index is 0.000000913. The highest BCUT2D eigenvalue weighted by Gasteiger charge is 2.15. The molecular formula is C23H32N6O3. The van der Waals surface area contributed by atoms with E-state index in [1.54, 1.807) is 0 Å². The van der Waals surface area contributed by atoms with Crippen LogP contribution in [0.5, 0.6) is 5.75 Å². The summed E-state index contributed by atoms with van der Waals surface area (Å²) in [5.41, 5.74) is 3.20. The van der Waals surface area contributed by atoms with Gasteiger partial charge in [-0.3, -0.25) is 18.9 Å². The van der Waals surface area contributed by atoms with Gasteiger partial charge >= 0.3 is 0 Å². The molecule has 1 aromatic carbocycles. The smallest absolute Gasteiger partial charge is 0.290 e. The summed E-state index contributed by atoms with van der Waals surface area (Å²) >= 11 is 0. The molecule has 0 spiro atoms. The van der Waals surface area contributed by atoms with Crippen LogP contribution in [-0.2, 0) is 11.8 Å². The molecule has 9 heteroatoms. The third kappa shape index (κ3) is 5.74. The predicted molar refractivity (Wildman–Crippen MR) is 123 cm³/mol. The van der Waals surface area contributed by atoms with E-state index in [-0.39, 0.29) is 6.47 Å². The molecule has 0 saturated carbocycles. The van der Waals surface area contributed by atoms with Gasteiger partial charge in [-0.05, 0) is 37.7 Å². The van der Waals surface area contributed by atoms with Crippen molar-refractivity contribution in [3.05, 3.63) is 48.5 Å². The standard InChI is InChI=1S/C22H30N6O.CH2O2/c1-4-26-11-13-27(14-12-26)15-16-29-20-7-5-19(6-8-20)22-23-9-10-28(22)21-17-24-25(3)18(21)2;2-1-3/h5-10,17H,4,11-16H2,1-3H3;1H,(H,2,3). The number of hydrogen-bond donors (Lipinski definition) is 1. The zero-order chi connectivity index (χ0) is 22.9. The van der Waals surface area contributed by atoms with Crippen LogP contribution in [0.3, 0.4) is 0 Å². The molecule has 1 N–H and O–H groups in total. The maximum Gasteiger partial charge on any atom is 0.290 e. The second-order valence-electron chi connectivity index (χ2n) is 7.61. The number of carboxylic acid groups (broad SMARTS) is 1. The van der Waals surface area contributed by atoms with Crippen molar-refractivity contribution in [2.75, 3.05) is 45.9 Å². The fourth-order valence-corrected chi connectivity index (χ4v) is 3.76. The van der Waals surface area contributed by atoms with Crippen LogP contribution in [0.4, 0.5) is 0 Å². The van der Waals surface area contributed by atoms with Crippen LogP contribution < -0.4 is 4.74 Å². The van der Waals surface area contributed by atoms with E-state index in [9.17, 15) is 0 Å². The van der Waals surface area contributed by atoms with Crippen molar-refractivity contribution >= 4 is 6.47 Å². The summed E-state index contributed by atoms with van der Waals surface area (Å²) in [6.45, 7) is 11.5. The minimum Gasteiger partial charge on any atom is -0.492 e. The van der Waals surface area contributed by atoms with E-state index in [0.717, 1.165) is 74.4 Å². The Hall–Kier alpha value is -3.17. The molecule has 2 aromatic heterocycles. The summed E-state index contributed by atoms with van der Waals surface area (Å²) in [5.74, 6) is 1.80. The highest BCUT2D eigenvalue weighted by molar-refractivity contribution is 5.60. The van der Waals surface area contributed by atoms with Gasteiger partial charge in [0.15, 0.2) is 0 Å². The molecule has 1 aliphatic rings. The summed E-state index contributed by atoms with van der Waals surface area (Å²) in [5, 5.41) is 11.2. The number of aryl methyl sites for hydroxylation is 1. The Labute approximate surface area is 188 Å². The van der Waals surface area contributed by atoms with Crippen molar-refractivity contribution < 1.29 is 14.6 Å². The largest absolute Gasteiger partial charge is 0.492 e. The second kappa shape index (κ2) is 11.4. The first kappa shape index (κ1) is 23.5. The van der Waals surface area contributed by atoms with E-state index < -0.39 is 0 Å². The Morgan fingerprint density at radius 3 is 2.38 bits per heavy atom. The first-order valence-corrected chi connectivity index (χ1v) is 10.9. The molecule has 1 aliphatic heterocycles. The van der Waals surface area contributed by atoms with Crippen LogP contribution in [0.15, 0.2) is 42.9 Å². The fourth-order valence-electron chi connectivity index (χ4n) is 3.76. The molecule has 32 heavy (non-hydrogen) atoms. The maximum atomic E-state index is 8.36. The van der Waals surface area contributed by atoms with Gasteiger partial charge in [-0.1, -0.05) is 6.92 Å². The highest BCUT2D eigenvalue weighted by atomic mass is 16.5. The molecule has 0 aliphatic carbocycles. The highest BCUT2D eigenvalue weighted by Crippen LogP contribution is 2.25. The van der Waals surface area contributed by atoms with E-state index >= 15 is 0 Å². The minimum absolute atomic E-state index is 0.250. The zero-order valence-corrected chi connectivity index (χ0v) is 19.0. The molecule has 4 rings (SSSR count). The molecule has 0 amide bonds. The van der Waals surface area contributed by atoms with E-state index in [1.807, 2.05) is 42.5 Å². The van der Waals surface area contributed by atoms with Crippen LogP contribution >= 0.6 is 0 Å². The second-order valence-corrected chi connectivity index (χ2v) is 7.61. The monoisotopic (exact) mass is 440 g/mol. The summed E-state index contributed by atoms with van der Waals surface area (Å²) in [7, 11) is 1.95. The molecule has 9 nitrogen and oxygen atoms in total. The third-order valence-corrected chi connectivity index (χ3v) is 5.81. The van der Waals surface area contributed by atoms with Crippen LogP contribution in [0.25, 0.3) is 17.1 Å². The molecule has 1 saturated heterocycles. The summed E-state index contributed by atoms with van der Waals surface area (Å²) in [6.07, 6.45) is 5.67. The number of nitrogens with zero attached hydrogens (tertiary/aromatic N) is 6. The lowest BCUT2D eigenvalue weighted by molar-refractivity contribution is -0.122. The van der Waals surface area contributed by atoms with Gasteiger partial charge in [-0.2, -0.15) is 5.10 Å². The number of rotatable bonds is 7.